The third-order valence-corrected chi connectivity index (χ3v) is 2.77. The summed E-state index contributed by atoms with van der Waals surface area (Å²) in [5, 5.41) is 4.29. The van der Waals surface area contributed by atoms with E-state index in [1.54, 1.807) is 17.6 Å². The average Bonchev–Trinajstić information content (AvgIpc) is 2.74. The second-order valence-electron chi connectivity index (χ2n) is 3.97. The summed E-state index contributed by atoms with van der Waals surface area (Å²) in [5.74, 6) is 1.31. The van der Waals surface area contributed by atoms with Crippen LogP contribution >= 0.6 is 0 Å². The largest absolute Gasteiger partial charge is 0.377 e. The molecule has 0 spiro atoms. The molecule has 0 atom stereocenters. The molecule has 0 radical (unpaired) electrons. The Bertz CT molecular complexity index is 653. The lowest BCUT2D eigenvalue weighted by Gasteiger charge is -2.11. The minimum Gasteiger partial charge on any atom is -0.377 e. The molecule has 6 heteroatoms. The van der Waals surface area contributed by atoms with Gasteiger partial charge in [-0.1, -0.05) is 6.08 Å². The van der Waals surface area contributed by atoms with Gasteiger partial charge in [-0.2, -0.15) is 5.10 Å². The maximum Gasteiger partial charge on any atom is 0.276 e. The van der Waals surface area contributed by atoms with Crippen molar-refractivity contribution < 1.29 is 4.74 Å². The zero-order chi connectivity index (χ0) is 11.8. The first-order chi connectivity index (χ1) is 8.25. The summed E-state index contributed by atoms with van der Waals surface area (Å²) in [5.41, 5.74) is 1.38. The molecular formula is C11H12N4O2. The van der Waals surface area contributed by atoms with Gasteiger partial charge in [-0.05, 0) is 18.9 Å². The van der Waals surface area contributed by atoms with Crippen LogP contribution in [0, 0.1) is 6.92 Å². The van der Waals surface area contributed by atoms with Gasteiger partial charge < -0.3 is 9.72 Å². The standard InChI is InChI=1S/C11H12N4O2/c1-7-13-11(16)9-6-12-10(15(9)14-7)8-2-4-17-5-3-8/h2,6H,3-5H2,1H3,(H,13,14,16). The van der Waals surface area contributed by atoms with Gasteiger partial charge in [-0.25, -0.2) is 9.50 Å². The third kappa shape index (κ3) is 1.66. The van der Waals surface area contributed by atoms with Gasteiger partial charge in [0.2, 0.25) is 0 Å². The van der Waals surface area contributed by atoms with Crippen LogP contribution in [0.15, 0.2) is 17.1 Å². The van der Waals surface area contributed by atoms with Gasteiger partial charge in [-0.15, -0.1) is 0 Å². The van der Waals surface area contributed by atoms with Crippen LogP contribution in [0.5, 0.6) is 0 Å². The second kappa shape index (κ2) is 3.81. The summed E-state index contributed by atoms with van der Waals surface area (Å²) in [6.45, 7) is 3.03. The molecule has 0 bridgehead atoms. The molecule has 88 valence electrons. The van der Waals surface area contributed by atoms with Crippen LogP contribution in [0.25, 0.3) is 11.1 Å². The summed E-state index contributed by atoms with van der Waals surface area (Å²) in [6.07, 6.45) is 4.33. The minimum atomic E-state index is -0.163. The van der Waals surface area contributed by atoms with E-state index in [9.17, 15) is 4.79 Å². The lowest BCUT2D eigenvalue weighted by atomic mass is 10.1. The molecule has 0 aliphatic carbocycles. The Morgan fingerprint density at radius 2 is 2.41 bits per heavy atom. The second-order valence-corrected chi connectivity index (χ2v) is 3.97. The van der Waals surface area contributed by atoms with Gasteiger partial charge in [-0.3, -0.25) is 4.79 Å². The number of aromatic amines is 1. The van der Waals surface area contributed by atoms with Gasteiger partial charge in [0, 0.05) is 0 Å². The number of imidazole rings is 1. The lowest BCUT2D eigenvalue weighted by Crippen LogP contribution is -2.15. The summed E-state index contributed by atoms with van der Waals surface area (Å²) in [4.78, 5) is 18.6. The molecule has 3 rings (SSSR count). The molecule has 0 amide bonds. The van der Waals surface area contributed by atoms with Crippen LogP contribution < -0.4 is 5.56 Å². The van der Waals surface area contributed by atoms with E-state index in [0.717, 1.165) is 17.8 Å². The van der Waals surface area contributed by atoms with Crippen LogP contribution in [0.1, 0.15) is 18.1 Å². The van der Waals surface area contributed by atoms with Crippen molar-refractivity contribution in [1.82, 2.24) is 19.6 Å². The van der Waals surface area contributed by atoms with Gasteiger partial charge in [0.1, 0.15) is 5.82 Å². The van der Waals surface area contributed by atoms with Crippen LogP contribution in [0.3, 0.4) is 0 Å². The number of rotatable bonds is 1. The van der Waals surface area contributed by atoms with Crippen molar-refractivity contribution in [1.29, 1.82) is 0 Å². The fraction of sp³-hybridized carbons (Fsp3) is 0.364. The number of hydrogen-bond donors (Lipinski definition) is 1. The Morgan fingerprint density at radius 3 is 3.18 bits per heavy atom. The lowest BCUT2D eigenvalue weighted by molar-refractivity contribution is 0.161. The van der Waals surface area contributed by atoms with E-state index < -0.39 is 0 Å². The van der Waals surface area contributed by atoms with Crippen molar-refractivity contribution in [3.63, 3.8) is 0 Å². The summed E-state index contributed by atoms with van der Waals surface area (Å²) >= 11 is 0. The molecule has 1 aliphatic rings. The Hall–Kier alpha value is -1.95. The van der Waals surface area contributed by atoms with E-state index in [4.69, 9.17) is 4.74 Å². The topological polar surface area (TPSA) is 72.3 Å². The number of hydrogen-bond acceptors (Lipinski definition) is 4. The molecule has 2 aromatic rings. The zero-order valence-corrected chi connectivity index (χ0v) is 9.43. The average molecular weight is 232 g/mol. The van der Waals surface area contributed by atoms with E-state index in [-0.39, 0.29) is 5.56 Å². The SMILES string of the molecule is Cc1nn2c(C3=CCOCC3)ncc2c(=O)[nH]1. The van der Waals surface area contributed by atoms with E-state index in [1.807, 2.05) is 6.08 Å². The normalized spacial score (nSPS) is 16.2. The van der Waals surface area contributed by atoms with Gasteiger partial charge >= 0.3 is 0 Å². The Labute approximate surface area is 96.9 Å². The van der Waals surface area contributed by atoms with Gasteiger partial charge in [0.05, 0.1) is 19.4 Å². The fourth-order valence-corrected chi connectivity index (χ4v) is 1.95. The molecule has 17 heavy (non-hydrogen) atoms. The van der Waals surface area contributed by atoms with E-state index >= 15 is 0 Å². The van der Waals surface area contributed by atoms with E-state index in [1.165, 1.54) is 0 Å². The van der Waals surface area contributed by atoms with Crippen LogP contribution in [-0.2, 0) is 4.74 Å². The fourth-order valence-electron chi connectivity index (χ4n) is 1.95. The number of nitrogens with zero attached hydrogens (tertiary/aromatic N) is 3. The van der Waals surface area contributed by atoms with Crippen molar-refractivity contribution in [3.05, 3.63) is 34.3 Å². The number of nitrogens with one attached hydrogen (secondary N) is 1. The molecule has 1 N–H and O–H groups in total. The number of H-pyrrole nitrogens is 1. The number of aryl methyl sites for hydroxylation is 1. The van der Waals surface area contributed by atoms with Gasteiger partial charge in [0.25, 0.3) is 5.56 Å². The molecule has 0 saturated heterocycles. The number of fused-ring (bicyclic) bond motifs is 1. The predicted octanol–water partition coefficient (Wildman–Crippen LogP) is 0.530. The Balaban J connectivity index is 2.24. The van der Waals surface area contributed by atoms with Crippen molar-refractivity contribution in [2.75, 3.05) is 13.2 Å². The first-order valence-corrected chi connectivity index (χ1v) is 5.47. The van der Waals surface area contributed by atoms with Crippen molar-refractivity contribution in [3.8, 4) is 0 Å². The quantitative estimate of drug-likeness (QED) is 0.778. The molecule has 6 nitrogen and oxygen atoms in total. The highest BCUT2D eigenvalue weighted by Crippen LogP contribution is 2.19. The summed E-state index contributed by atoms with van der Waals surface area (Å²) < 4.78 is 6.86. The predicted molar refractivity (Wildman–Crippen MR) is 61.8 cm³/mol. The summed E-state index contributed by atoms with van der Waals surface area (Å²) in [6, 6.07) is 0. The zero-order valence-electron chi connectivity index (χ0n) is 9.43. The van der Waals surface area contributed by atoms with Crippen LogP contribution in [0.4, 0.5) is 0 Å². The number of aromatic nitrogens is 4. The molecule has 0 unspecified atom stereocenters. The highest BCUT2D eigenvalue weighted by Gasteiger charge is 2.14. The Kier molecular flexibility index (Phi) is 2.29. The molecule has 0 fully saturated rings. The first-order valence-electron chi connectivity index (χ1n) is 5.47. The molecule has 2 aromatic heterocycles. The number of ether oxygens (including phenoxy) is 1. The van der Waals surface area contributed by atoms with Crippen molar-refractivity contribution in [2.24, 2.45) is 0 Å². The highest BCUT2D eigenvalue weighted by molar-refractivity contribution is 5.64. The highest BCUT2D eigenvalue weighted by atomic mass is 16.5. The Morgan fingerprint density at radius 1 is 1.53 bits per heavy atom. The third-order valence-electron chi connectivity index (χ3n) is 2.77. The smallest absolute Gasteiger partial charge is 0.276 e. The van der Waals surface area contributed by atoms with Crippen LogP contribution in [0.2, 0.25) is 0 Å². The van der Waals surface area contributed by atoms with Crippen molar-refractivity contribution in [2.45, 2.75) is 13.3 Å². The maximum atomic E-state index is 11.7. The molecule has 0 aromatic carbocycles. The van der Waals surface area contributed by atoms with Gasteiger partial charge in [0.15, 0.2) is 11.3 Å². The molecule has 1 aliphatic heterocycles. The maximum absolute atomic E-state index is 11.7. The summed E-state index contributed by atoms with van der Waals surface area (Å²) in [7, 11) is 0. The molecular weight excluding hydrogens is 220 g/mol. The van der Waals surface area contributed by atoms with Crippen LogP contribution in [-0.4, -0.2) is 32.8 Å². The van der Waals surface area contributed by atoms with Crippen molar-refractivity contribution >= 4 is 11.1 Å². The molecule has 0 saturated carbocycles. The minimum absolute atomic E-state index is 0.163. The van der Waals surface area contributed by atoms with E-state index in [2.05, 4.69) is 15.1 Å². The monoisotopic (exact) mass is 232 g/mol. The first kappa shape index (κ1) is 10.2. The van der Waals surface area contributed by atoms with E-state index in [0.29, 0.717) is 24.6 Å². The molecule has 3 heterocycles.